The summed E-state index contributed by atoms with van der Waals surface area (Å²) < 4.78 is 19.6. The van der Waals surface area contributed by atoms with Gasteiger partial charge in [-0.15, -0.1) is 0 Å². The molecule has 0 saturated carbocycles. The molecule has 0 radical (unpaired) electrons. The summed E-state index contributed by atoms with van der Waals surface area (Å²) in [6.45, 7) is 4.08. The third-order valence-electron chi connectivity index (χ3n) is 4.64. The second kappa shape index (κ2) is 9.85. The molecule has 29 heavy (non-hydrogen) atoms. The standard InChI is InChI=1S/C24H25FN2O2/c1-17(22-10-6-7-11-23(22)25)26-18(2)24(28)27-20-12-14-21(15-13-20)29-16-19-8-4-3-5-9-19/h3-15,17-18,26H,16H2,1-2H3,(H,27,28). The van der Waals surface area contributed by atoms with Crippen LogP contribution in [-0.4, -0.2) is 11.9 Å². The molecule has 0 bridgehead atoms. The lowest BCUT2D eigenvalue weighted by Crippen LogP contribution is -2.39. The van der Waals surface area contributed by atoms with Gasteiger partial charge in [-0.3, -0.25) is 10.1 Å². The van der Waals surface area contributed by atoms with Gasteiger partial charge in [-0.1, -0.05) is 48.5 Å². The van der Waals surface area contributed by atoms with Crippen LogP contribution in [0.3, 0.4) is 0 Å². The van der Waals surface area contributed by atoms with E-state index in [-0.39, 0.29) is 17.8 Å². The predicted molar refractivity (Wildman–Crippen MR) is 113 cm³/mol. The quantitative estimate of drug-likeness (QED) is 0.562. The number of halogens is 1. The minimum atomic E-state index is -0.487. The fourth-order valence-electron chi connectivity index (χ4n) is 2.99. The van der Waals surface area contributed by atoms with Crippen LogP contribution in [0.15, 0.2) is 78.9 Å². The third kappa shape index (κ3) is 5.90. The zero-order valence-electron chi connectivity index (χ0n) is 16.6. The van der Waals surface area contributed by atoms with Crippen LogP contribution in [0.2, 0.25) is 0 Å². The van der Waals surface area contributed by atoms with Gasteiger partial charge in [0, 0.05) is 17.3 Å². The Kier molecular flexibility index (Phi) is 6.98. The molecule has 2 unspecified atom stereocenters. The van der Waals surface area contributed by atoms with E-state index in [1.807, 2.05) is 49.4 Å². The number of ether oxygens (including phenoxy) is 1. The van der Waals surface area contributed by atoms with Crippen molar-refractivity contribution < 1.29 is 13.9 Å². The minimum Gasteiger partial charge on any atom is -0.489 e. The maximum atomic E-state index is 13.9. The maximum absolute atomic E-state index is 13.9. The van der Waals surface area contributed by atoms with Crippen molar-refractivity contribution in [2.45, 2.75) is 32.5 Å². The van der Waals surface area contributed by atoms with Crippen LogP contribution in [0.4, 0.5) is 10.1 Å². The van der Waals surface area contributed by atoms with Crippen LogP contribution in [0, 0.1) is 5.82 Å². The van der Waals surface area contributed by atoms with Gasteiger partial charge in [0.1, 0.15) is 18.2 Å². The van der Waals surface area contributed by atoms with E-state index >= 15 is 0 Å². The smallest absolute Gasteiger partial charge is 0.241 e. The topological polar surface area (TPSA) is 50.4 Å². The van der Waals surface area contributed by atoms with Crippen LogP contribution in [-0.2, 0) is 11.4 Å². The Morgan fingerprint density at radius 1 is 0.931 bits per heavy atom. The van der Waals surface area contributed by atoms with E-state index in [0.717, 1.165) is 11.3 Å². The van der Waals surface area contributed by atoms with Crippen LogP contribution in [0.25, 0.3) is 0 Å². The zero-order chi connectivity index (χ0) is 20.6. The average Bonchev–Trinajstić information content (AvgIpc) is 2.74. The van der Waals surface area contributed by atoms with Gasteiger partial charge in [-0.05, 0) is 49.7 Å². The largest absolute Gasteiger partial charge is 0.489 e. The monoisotopic (exact) mass is 392 g/mol. The van der Waals surface area contributed by atoms with Gasteiger partial charge in [0.05, 0.1) is 6.04 Å². The first-order chi connectivity index (χ1) is 14.0. The Morgan fingerprint density at radius 2 is 1.59 bits per heavy atom. The maximum Gasteiger partial charge on any atom is 0.241 e. The molecule has 3 aromatic rings. The Morgan fingerprint density at radius 3 is 2.28 bits per heavy atom. The van der Waals surface area contributed by atoms with Crippen molar-refractivity contribution in [2.24, 2.45) is 0 Å². The normalized spacial score (nSPS) is 12.8. The summed E-state index contributed by atoms with van der Waals surface area (Å²) >= 11 is 0. The molecule has 0 fully saturated rings. The van der Waals surface area contributed by atoms with Crippen molar-refractivity contribution in [1.82, 2.24) is 5.32 Å². The van der Waals surface area contributed by atoms with Crippen molar-refractivity contribution in [2.75, 3.05) is 5.32 Å². The summed E-state index contributed by atoms with van der Waals surface area (Å²) in [5.41, 5.74) is 2.30. The minimum absolute atomic E-state index is 0.189. The van der Waals surface area contributed by atoms with Crippen molar-refractivity contribution in [3.8, 4) is 5.75 Å². The molecule has 3 aromatic carbocycles. The van der Waals surface area contributed by atoms with E-state index in [1.165, 1.54) is 6.07 Å². The van der Waals surface area contributed by atoms with E-state index < -0.39 is 6.04 Å². The highest BCUT2D eigenvalue weighted by Gasteiger charge is 2.18. The summed E-state index contributed by atoms with van der Waals surface area (Å²) in [6.07, 6.45) is 0. The Balaban J connectivity index is 1.51. The Bertz CT molecular complexity index is 929. The number of rotatable bonds is 8. The summed E-state index contributed by atoms with van der Waals surface area (Å²) in [7, 11) is 0. The molecule has 0 aliphatic rings. The van der Waals surface area contributed by atoms with Crippen molar-refractivity contribution in [1.29, 1.82) is 0 Å². The molecule has 150 valence electrons. The van der Waals surface area contributed by atoms with E-state index in [9.17, 15) is 9.18 Å². The van der Waals surface area contributed by atoms with E-state index in [0.29, 0.717) is 17.9 Å². The molecular weight excluding hydrogens is 367 g/mol. The molecule has 0 saturated heterocycles. The van der Waals surface area contributed by atoms with Gasteiger partial charge in [-0.25, -0.2) is 4.39 Å². The molecule has 0 aliphatic heterocycles. The second-order valence-corrected chi connectivity index (χ2v) is 6.92. The molecule has 0 aliphatic carbocycles. The lowest BCUT2D eigenvalue weighted by atomic mass is 10.1. The highest BCUT2D eigenvalue weighted by molar-refractivity contribution is 5.94. The number of carbonyl (C=O) groups is 1. The van der Waals surface area contributed by atoms with Gasteiger partial charge < -0.3 is 10.1 Å². The third-order valence-corrected chi connectivity index (χ3v) is 4.64. The van der Waals surface area contributed by atoms with Gasteiger partial charge in [0.25, 0.3) is 0 Å². The molecule has 1 amide bonds. The molecule has 5 heteroatoms. The van der Waals surface area contributed by atoms with Crippen molar-refractivity contribution in [3.05, 3.63) is 95.8 Å². The first-order valence-electron chi connectivity index (χ1n) is 9.61. The predicted octanol–water partition coefficient (Wildman–Crippen LogP) is 5.08. The summed E-state index contributed by atoms with van der Waals surface area (Å²) in [6, 6.07) is 22.9. The van der Waals surface area contributed by atoms with Crippen LogP contribution >= 0.6 is 0 Å². The number of amides is 1. The number of hydrogen-bond acceptors (Lipinski definition) is 3. The van der Waals surface area contributed by atoms with Crippen LogP contribution in [0.1, 0.15) is 31.0 Å². The molecule has 0 spiro atoms. The first-order valence-corrected chi connectivity index (χ1v) is 9.61. The second-order valence-electron chi connectivity index (χ2n) is 6.92. The average molecular weight is 392 g/mol. The number of benzene rings is 3. The highest BCUT2D eigenvalue weighted by Crippen LogP contribution is 2.19. The van der Waals surface area contributed by atoms with E-state index in [2.05, 4.69) is 10.6 Å². The summed E-state index contributed by atoms with van der Waals surface area (Å²) in [5, 5.41) is 5.99. The number of anilines is 1. The van der Waals surface area contributed by atoms with Gasteiger partial charge in [-0.2, -0.15) is 0 Å². The van der Waals surface area contributed by atoms with E-state index in [4.69, 9.17) is 4.74 Å². The lowest BCUT2D eigenvalue weighted by molar-refractivity contribution is -0.117. The van der Waals surface area contributed by atoms with Crippen molar-refractivity contribution in [3.63, 3.8) is 0 Å². The SMILES string of the molecule is CC(NC(C)c1ccccc1F)C(=O)Nc1ccc(OCc2ccccc2)cc1. The fraction of sp³-hybridized carbons (Fsp3) is 0.208. The van der Waals surface area contributed by atoms with Crippen LogP contribution in [0.5, 0.6) is 5.75 Å². The number of hydrogen-bond donors (Lipinski definition) is 2. The number of carbonyl (C=O) groups excluding carboxylic acids is 1. The molecule has 4 nitrogen and oxygen atoms in total. The highest BCUT2D eigenvalue weighted by atomic mass is 19.1. The summed E-state index contributed by atoms with van der Waals surface area (Å²) in [5.74, 6) is 0.253. The Labute approximate surface area is 170 Å². The molecule has 2 atom stereocenters. The molecule has 0 heterocycles. The zero-order valence-corrected chi connectivity index (χ0v) is 16.6. The van der Waals surface area contributed by atoms with E-state index in [1.54, 1.807) is 37.3 Å². The van der Waals surface area contributed by atoms with Crippen LogP contribution < -0.4 is 15.4 Å². The molecule has 2 N–H and O–H groups in total. The first kappa shape index (κ1) is 20.6. The Hall–Kier alpha value is -3.18. The molecular formula is C24H25FN2O2. The fourth-order valence-corrected chi connectivity index (χ4v) is 2.99. The van der Waals surface area contributed by atoms with Gasteiger partial charge in [0.15, 0.2) is 0 Å². The van der Waals surface area contributed by atoms with Gasteiger partial charge in [0.2, 0.25) is 5.91 Å². The summed E-state index contributed by atoms with van der Waals surface area (Å²) in [4.78, 5) is 12.5. The lowest BCUT2D eigenvalue weighted by Gasteiger charge is -2.20. The number of nitrogens with one attached hydrogen (secondary N) is 2. The van der Waals surface area contributed by atoms with Gasteiger partial charge >= 0.3 is 0 Å². The molecule has 0 aromatic heterocycles. The molecule has 3 rings (SSSR count). The van der Waals surface area contributed by atoms with Crippen molar-refractivity contribution >= 4 is 11.6 Å².